The predicted octanol–water partition coefficient (Wildman–Crippen LogP) is 4.78. The number of sulfonamides is 1. The zero-order valence-corrected chi connectivity index (χ0v) is 19.2. The van der Waals surface area contributed by atoms with Gasteiger partial charge in [0, 0.05) is 18.8 Å². The zero-order chi connectivity index (χ0) is 22.3. The largest absolute Gasteiger partial charge is 0.483 e. The van der Waals surface area contributed by atoms with Crippen molar-refractivity contribution in [2.24, 2.45) is 0 Å². The van der Waals surface area contributed by atoms with Gasteiger partial charge in [0.15, 0.2) is 6.61 Å². The van der Waals surface area contributed by atoms with Crippen molar-refractivity contribution in [3.63, 3.8) is 0 Å². The summed E-state index contributed by atoms with van der Waals surface area (Å²) in [5.74, 6) is 0.769. The van der Waals surface area contributed by atoms with Gasteiger partial charge in [0.2, 0.25) is 10.0 Å². The molecule has 0 radical (unpaired) electrons. The fourth-order valence-corrected chi connectivity index (χ4v) is 5.24. The lowest BCUT2D eigenvalue weighted by Gasteiger charge is -2.20. The molecule has 1 aliphatic rings. The second-order valence-corrected chi connectivity index (χ2v) is 9.96. The van der Waals surface area contributed by atoms with Crippen LogP contribution in [0.5, 0.6) is 5.75 Å². The summed E-state index contributed by atoms with van der Waals surface area (Å²) in [4.78, 5) is 12.6. The van der Waals surface area contributed by atoms with E-state index in [0.717, 1.165) is 37.7 Å². The molecule has 0 saturated carbocycles. The molecule has 1 amide bonds. The number of benzene rings is 2. The summed E-state index contributed by atoms with van der Waals surface area (Å²) in [6.45, 7) is 5.27. The highest BCUT2D eigenvalue weighted by Crippen LogP contribution is 2.28. The molecule has 1 aliphatic heterocycles. The first kappa shape index (κ1) is 23.3. The van der Waals surface area contributed by atoms with E-state index < -0.39 is 10.0 Å². The molecule has 31 heavy (non-hydrogen) atoms. The van der Waals surface area contributed by atoms with Crippen molar-refractivity contribution in [2.75, 3.05) is 25.0 Å². The number of carbonyl (C=O) groups excluding carboxylic acids is 1. The van der Waals surface area contributed by atoms with Crippen LogP contribution in [0.1, 0.15) is 57.4 Å². The highest BCUT2D eigenvalue weighted by atomic mass is 32.2. The maximum atomic E-state index is 12.9. The summed E-state index contributed by atoms with van der Waals surface area (Å²) in [5.41, 5.74) is 1.62. The van der Waals surface area contributed by atoms with Crippen LogP contribution in [0.2, 0.25) is 0 Å². The lowest BCUT2D eigenvalue weighted by atomic mass is 9.98. The Hall–Kier alpha value is -2.38. The van der Waals surface area contributed by atoms with E-state index in [0.29, 0.717) is 30.4 Å². The van der Waals surface area contributed by atoms with Gasteiger partial charge in [-0.05, 0) is 61.1 Å². The third-order valence-corrected chi connectivity index (χ3v) is 7.67. The molecule has 0 aromatic heterocycles. The summed E-state index contributed by atoms with van der Waals surface area (Å²) in [6.07, 6.45) is 4.92. The SMILES string of the molecule is CCC(C)c1ccccc1OCC(=O)Nc1ccc(S(=O)(=O)N2CCCCCC2)cc1. The van der Waals surface area contributed by atoms with Gasteiger partial charge >= 0.3 is 0 Å². The number of hydrogen-bond acceptors (Lipinski definition) is 4. The number of ether oxygens (including phenoxy) is 1. The Kier molecular flexibility index (Phi) is 8.09. The standard InChI is InChI=1S/C24H32N2O4S/c1-3-19(2)22-10-6-7-11-23(22)30-18-24(27)25-20-12-14-21(15-13-20)31(28,29)26-16-8-4-5-9-17-26/h6-7,10-15,19H,3-5,8-9,16-18H2,1-2H3,(H,25,27). The molecule has 0 aliphatic carbocycles. The van der Waals surface area contributed by atoms with Crippen molar-refractivity contribution in [1.82, 2.24) is 4.31 Å². The fourth-order valence-electron chi connectivity index (χ4n) is 3.72. The molecule has 2 aromatic rings. The van der Waals surface area contributed by atoms with E-state index in [9.17, 15) is 13.2 Å². The topological polar surface area (TPSA) is 75.7 Å². The van der Waals surface area contributed by atoms with Crippen LogP contribution in [-0.4, -0.2) is 38.3 Å². The third-order valence-electron chi connectivity index (χ3n) is 5.76. The predicted molar refractivity (Wildman–Crippen MR) is 123 cm³/mol. The van der Waals surface area contributed by atoms with Gasteiger partial charge in [-0.25, -0.2) is 8.42 Å². The molecule has 1 unspecified atom stereocenters. The van der Waals surface area contributed by atoms with Crippen LogP contribution in [0.4, 0.5) is 5.69 Å². The molecule has 1 atom stereocenters. The maximum Gasteiger partial charge on any atom is 0.262 e. The zero-order valence-electron chi connectivity index (χ0n) is 18.3. The van der Waals surface area contributed by atoms with Crippen LogP contribution in [0.3, 0.4) is 0 Å². The normalized spacial score (nSPS) is 16.3. The van der Waals surface area contributed by atoms with Crippen LogP contribution in [-0.2, 0) is 14.8 Å². The Morgan fingerprint density at radius 1 is 1.03 bits per heavy atom. The van der Waals surface area contributed by atoms with E-state index in [4.69, 9.17) is 4.74 Å². The number of rotatable bonds is 8. The Labute approximate surface area is 185 Å². The smallest absolute Gasteiger partial charge is 0.262 e. The molecule has 168 valence electrons. The van der Waals surface area contributed by atoms with E-state index in [1.807, 2.05) is 24.3 Å². The highest BCUT2D eigenvalue weighted by Gasteiger charge is 2.25. The molecule has 0 bridgehead atoms. The van der Waals surface area contributed by atoms with Gasteiger partial charge in [-0.3, -0.25) is 4.79 Å². The highest BCUT2D eigenvalue weighted by molar-refractivity contribution is 7.89. The number of nitrogens with zero attached hydrogens (tertiary/aromatic N) is 1. The average Bonchev–Trinajstić information content (AvgIpc) is 3.08. The molecule has 1 N–H and O–H groups in total. The second-order valence-electron chi connectivity index (χ2n) is 8.03. The number of anilines is 1. The lowest BCUT2D eigenvalue weighted by Crippen LogP contribution is -2.31. The molecule has 7 heteroatoms. The number of nitrogens with one attached hydrogen (secondary N) is 1. The molecular weight excluding hydrogens is 412 g/mol. The minimum atomic E-state index is -3.50. The third kappa shape index (κ3) is 6.08. The number of hydrogen-bond donors (Lipinski definition) is 1. The van der Waals surface area contributed by atoms with Crippen LogP contribution in [0.25, 0.3) is 0 Å². The average molecular weight is 445 g/mol. The van der Waals surface area contributed by atoms with Gasteiger partial charge in [-0.2, -0.15) is 4.31 Å². The molecule has 6 nitrogen and oxygen atoms in total. The monoisotopic (exact) mass is 444 g/mol. The molecule has 1 fully saturated rings. The van der Waals surface area contributed by atoms with Crippen LogP contribution < -0.4 is 10.1 Å². The van der Waals surface area contributed by atoms with Crippen molar-refractivity contribution in [1.29, 1.82) is 0 Å². The summed E-state index contributed by atoms with van der Waals surface area (Å²) in [6, 6.07) is 14.1. The number of carbonyl (C=O) groups is 1. The van der Waals surface area contributed by atoms with Crippen LogP contribution in [0.15, 0.2) is 53.4 Å². The van der Waals surface area contributed by atoms with E-state index in [2.05, 4.69) is 19.2 Å². The van der Waals surface area contributed by atoms with E-state index in [1.165, 1.54) is 0 Å². The van der Waals surface area contributed by atoms with Crippen molar-refractivity contribution < 1.29 is 17.9 Å². The van der Waals surface area contributed by atoms with Crippen molar-refractivity contribution in [2.45, 2.75) is 56.8 Å². The number of para-hydroxylation sites is 1. The van der Waals surface area contributed by atoms with Gasteiger partial charge < -0.3 is 10.1 Å². The first-order valence-electron chi connectivity index (χ1n) is 11.0. The molecule has 1 heterocycles. The van der Waals surface area contributed by atoms with Gasteiger partial charge in [-0.1, -0.05) is 44.9 Å². The van der Waals surface area contributed by atoms with Gasteiger partial charge in [0.05, 0.1) is 4.90 Å². The van der Waals surface area contributed by atoms with E-state index >= 15 is 0 Å². The minimum absolute atomic E-state index is 0.110. The fraction of sp³-hybridized carbons (Fsp3) is 0.458. The van der Waals surface area contributed by atoms with Crippen molar-refractivity contribution >= 4 is 21.6 Å². The molecule has 3 rings (SSSR count). The first-order valence-corrected chi connectivity index (χ1v) is 12.5. The summed E-state index contributed by atoms with van der Waals surface area (Å²) in [7, 11) is -3.50. The lowest BCUT2D eigenvalue weighted by molar-refractivity contribution is -0.118. The molecular formula is C24H32N2O4S. The van der Waals surface area contributed by atoms with Gasteiger partial charge in [-0.15, -0.1) is 0 Å². The first-order chi connectivity index (χ1) is 14.9. The Morgan fingerprint density at radius 3 is 2.32 bits per heavy atom. The summed E-state index contributed by atoms with van der Waals surface area (Å²) < 4.78 is 33.0. The Morgan fingerprint density at radius 2 is 1.68 bits per heavy atom. The summed E-state index contributed by atoms with van der Waals surface area (Å²) in [5, 5.41) is 2.77. The Balaban J connectivity index is 1.59. The van der Waals surface area contributed by atoms with Crippen molar-refractivity contribution in [3.8, 4) is 5.75 Å². The van der Waals surface area contributed by atoms with Gasteiger partial charge in [0.1, 0.15) is 5.75 Å². The van der Waals surface area contributed by atoms with Crippen LogP contribution >= 0.6 is 0 Å². The maximum absolute atomic E-state index is 12.9. The second kappa shape index (κ2) is 10.8. The molecule has 0 spiro atoms. The van der Waals surface area contributed by atoms with Gasteiger partial charge in [0.25, 0.3) is 5.91 Å². The molecule has 1 saturated heterocycles. The Bertz CT molecular complexity index is 965. The molecule has 2 aromatic carbocycles. The minimum Gasteiger partial charge on any atom is -0.483 e. The quantitative estimate of drug-likeness (QED) is 0.636. The van der Waals surface area contributed by atoms with Crippen LogP contribution in [0, 0.1) is 0 Å². The van der Waals surface area contributed by atoms with E-state index in [1.54, 1.807) is 28.6 Å². The van der Waals surface area contributed by atoms with Crippen molar-refractivity contribution in [3.05, 3.63) is 54.1 Å². The number of amides is 1. The van der Waals surface area contributed by atoms with E-state index in [-0.39, 0.29) is 17.4 Å². The summed E-state index contributed by atoms with van der Waals surface area (Å²) >= 11 is 0.